The van der Waals surface area contributed by atoms with Crippen LogP contribution in [0.3, 0.4) is 0 Å². The highest BCUT2D eigenvalue weighted by Gasteiger charge is 2.23. The topological polar surface area (TPSA) is 69.5 Å². The minimum Gasteiger partial charge on any atom is -0.497 e. The second-order valence-corrected chi connectivity index (χ2v) is 7.07. The van der Waals surface area contributed by atoms with Crippen LogP contribution in [0.4, 0.5) is 0 Å². The van der Waals surface area contributed by atoms with Gasteiger partial charge in [-0.1, -0.05) is 18.7 Å². The summed E-state index contributed by atoms with van der Waals surface area (Å²) in [6.45, 7) is 4.02. The Kier molecular flexibility index (Phi) is 6.16. The number of amides is 1. The number of aromatic nitrogens is 3. The number of carbonyl (C=O) groups is 1. The van der Waals surface area contributed by atoms with E-state index in [4.69, 9.17) is 9.47 Å². The van der Waals surface area contributed by atoms with Crippen LogP contribution < -0.4 is 4.74 Å². The van der Waals surface area contributed by atoms with Crippen molar-refractivity contribution >= 4 is 17.7 Å². The van der Waals surface area contributed by atoms with Crippen molar-refractivity contribution in [2.45, 2.75) is 24.6 Å². The molecule has 1 aliphatic heterocycles. The second-order valence-electron chi connectivity index (χ2n) is 6.12. The van der Waals surface area contributed by atoms with Crippen molar-refractivity contribution in [1.82, 2.24) is 19.7 Å². The maximum Gasteiger partial charge on any atom is 0.233 e. The molecule has 0 saturated carbocycles. The molecule has 2 aromatic rings. The zero-order valence-electron chi connectivity index (χ0n) is 15.3. The summed E-state index contributed by atoms with van der Waals surface area (Å²) in [6.07, 6.45) is 1.07. The first kappa shape index (κ1) is 18.7. The molecule has 1 atom stereocenters. The van der Waals surface area contributed by atoms with E-state index in [0.29, 0.717) is 25.4 Å². The molecule has 0 spiro atoms. The van der Waals surface area contributed by atoms with Crippen LogP contribution in [0.5, 0.6) is 5.75 Å². The van der Waals surface area contributed by atoms with Crippen molar-refractivity contribution in [1.29, 1.82) is 0 Å². The van der Waals surface area contributed by atoms with E-state index in [9.17, 15) is 4.79 Å². The zero-order chi connectivity index (χ0) is 18.5. The Balaban J connectivity index is 1.62. The Labute approximate surface area is 157 Å². The molecule has 1 saturated heterocycles. The Hall–Kier alpha value is -2.06. The summed E-state index contributed by atoms with van der Waals surface area (Å²) in [5.41, 5.74) is 0.956. The monoisotopic (exact) mass is 376 g/mol. The van der Waals surface area contributed by atoms with Crippen molar-refractivity contribution in [3.05, 3.63) is 24.3 Å². The number of hydrogen-bond donors (Lipinski definition) is 0. The molecule has 0 aliphatic carbocycles. The van der Waals surface area contributed by atoms with Crippen LogP contribution in [0.15, 0.2) is 29.4 Å². The van der Waals surface area contributed by atoms with Crippen LogP contribution in [0.2, 0.25) is 0 Å². The number of ether oxygens (including phenoxy) is 2. The van der Waals surface area contributed by atoms with Crippen LogP contribution in [-0.4, -0.2) is 64.2 Å². The van der Waals surface area contributed by atoms with Gasteiger partial charge in [-0.05, 0) is 30.7 Å². The number of rotatable bonds is 6. The normalized spacial score (nSPS) is 17.3. The lowest BCUT2D eigenvalue weighted by Gasteiger charge is -2.32. The van der Waals surface area contributed by atoms with Crippen LogP contribution in [0.1, 0.15) is 13.3 Å². The van der Waals surface area contributed by atoms with Gasteiger partial charge in [-0.15, -0.1) is 10.2 Å². The first-order chi connectivity index (χ1) is 12.6. The Bertz CT molecular complexity index is 747. The quantitative estimate of drug-likeness (QED) is 0.720. The first-order valence-electron chi connectivity index (χ1n) is 8.68. The van der Waals surface area contributed by atoms with Gasteiger partial charge in [0.05, 0.1) is 25.6 Å². The van der Waals surface area contributed by atoms with Gasteiger partial charge in [-0.25, -0.2) is 0 Å². The van der Waals surface area contributed by atoms with E-state index in [2.05, 4.69) is 17.1 Å². The van der Waals surface area contributed by atoms with E-state index >= 15 is 0 Å². The summed E-state index contributed by atoms with van der Waals surface area (Å²) < 4.78 is 12.7. The molecule has 1 aliphatic rings. The van der Waals surface area contributed by atoms with Crippen LogP contribution in [0.25, 0.3) is 11.4 Å². The molecule has 8 heteroatoms. The van der Waals surface area contributed by atoms with Gasteiger partial charge in [0, 0.05) is 25.7 Å². The van der Waals surface area contributed by atoms with Gasteiger partial charge in [0.15, 0.2) is 11.0 Å². The van der Waals surface area contributed by atoms with Gasteiger partial charge < -0.3 is 18.9 Å². The van der Waals surface area contributed by atoms with Gasteiger partial charge in [0.2, 0.25) is 5.91 Å². The van der Waals surface area contributed by atoms with Crippen molar-refractivity contribution < 1.29 is 14.3 Å². The van der Waals surface area contributed by atoms with E-state index in [1.54, 1.807) is 7.11 Å². The van der Waals surface area contributed by atoms with Gasteiger partial charge >= 0.3 is 0 Å². The third-order valence-corrected chi connectivity index (χ3v) is 5.46. The number of methoxy groups -OCH3 is 1. The standard InChI is InChI=1S/C18H24N4O3S/c1-4-14-11-22(9-10-25-14)16(23)12-26-18-20-19-17(21(18)2)13-5-7-15(24-3)8-6-13/h5-8,14H,4,9-12H2,1-3H3/t14-/m1/s1. The van der Waals surface area contributed by atoms with Crippen LogP contribution in [-0.2, 0) is 16.6 Å². The second kappa shape index (κ2) is 8.55. The average Bonchev–Trinajstić information content (AvgIpc) is 3.06. The van der Waals surface area contributed by atoms with E-state index in [0.717, 1.165) is 28.7 Å². The molecule has 0 bridgehead atoms. The lowest BCUT2D eigenvalue weighted by Crippen LogP contribution is -2.46. The van der Waals surface area contributed by atoms with Crippen molar-refractivity contribution in [3.63, 3.8) is 0 Å². The number of benzene rings is 1. The number of morpholine rings is 1. The molecular weight excluding hydrogens is 352 g/mol. The molecule has 7 nitrogen and oxygen atoms in total. The maximum atomic E-state index is 12.5. The molecule has 1 fully saturated rings. The Morgan fingerprint density at radius 2 is 2.12 bits per heavy atom. The van der Waals surface area contributed by atoms with Crippen molar-refractivity contribution in [2.75, 3.05) is 32.6 Å². The summed E-state index contributed by atoms with van der Waals surface area (Å²) in [7, 11) is 3.55. The number of carbonyl (C=O) groups excluding carboxylic acids is 1. The highest BCUT2D eigenvalue weighted by atomic mass is 32.2. The fraction of sp³-hybridized carbons (Fsp3) is 0.500. The minimum absolute atomic E-state index is 0.116. The van der Waals surface area contributed by atoms with Crippen LogP contribution >= 0.6 is 11.8 Å². The summed E-state index contributed by atoms with van der Waals surface area (Å²) in [4.78, 5) is 14.4. The number of hydrogen-bond acceptors (Lipinski definition) is 6. The minimum atomic E-state index is 0.116. The van der Waals surface area contributed by atoms with Crippen LogP contribution in [0, 0.1) is 0 Å². The number of nitrogens with zero attached hydrogens (tertiary/aromatic N) is 4. The Morgan fingerprint density at radius 1 is 1.35 bits per heavy atom. The molecule has 3 rings (SSSR count). The van der Waals surface area contributed by atoms with Crippen molar-refractivity contribution in [2.24, 2.45) is 7.05 Å². The maximum absolute atomic E-state index is 12.5. The fourth-order valence-corrected chi connectivity index (χ4v) is 3.66. The highest BCUT2D eigenvalue weighted by Crippen LogP contribution is 2.24. The summed E-state index contributed by atoms with van der Waals surface area (Å²) in [5.74, 6) is 2.03. The van der Waals surface area contributed by atoms with Gasteiger partial charge in [0.1, 0.15) is 5.75 Å². The SMILES string of the molecule is CC[C@@H]1CN(C(=O)CSc2nnc(-c3ccc(OC)cc3)n2C)CCO1. The molecule has 2 heterocycles. The first-order valence-corrected chi connectivity index (χ1v) is 9.67. The van der Waals surface area contributed by atoms with E-state index in [-0.39, 0.29) is 12.0 Å². The largest absolute Gasteiger partial charge is 0.497 e. The van der Waals surface area contributed by atoms with Gasteiger partial charge in [-0.2, -0.15) is 0 Å². The fourth-order valence-electron chi connectivity index (χ4n) is 2.84. The smallest absolute Gasteiger partial charge is 0.233 e. The molecule has 0 radical (unpaired) electrons. The summed E-state index contributed by atoms with van der Waals surface area (Å²) in [6, 6.07) is 7.67. The molecule has 26 heavy (non-hydrogen) atoms. The molecule has 1 amide bonds. The molecule has 0 N–H and O–H groups in total. The Morgan fingerprint density at radius 3 is 2.81 bits per heavy atom. The van der Waals surface area contributed by atoms with E-state index < -0.39 is 0 Å². The third kappa shape index (κ3) is 4.19. The predicted octanol–water partition coefficient (Wildman–Crippen LogP) is 2.22. The molecule has 0 unspecified atom stereocenters. The predicted molar refractivity (Wildman–Crippen MR) is 100 cm³/mol. The lowest BCUT2D eigenvalue weighted by atomic mass is 10.2. The average molecular weight is 376 g/mol. The molecule has 1 aromatic heterocycles. The molecule has 1 aromatic carbocycles. The molecule has 140 valence electrons. The number of thioether (sulfide) groups is 1. The lowest BCUT2D eigenvalue weighted by molar-refractivity contribution is -0.135. The highest BCUT2D eigenvalue weighted by molar-refractivity contribution is 7.99. The summed E-state index contributed by atoms with van der Waals surface area (Å²) in [5, 5.41) is 9.22. The van der Waals surface area contributed by atoms with Gasteiger partial charge in [0.25, 0.3) is 0 Å². The van der Waals surface area contributed by atoms with E-state index in [1.807, 2.05) is 40.8 Å². The zero-order valence-corrected chi connectivity index (χ0v) is 16.2. The van der Waals surface area contributed by atoms with E-state index in [1.165, 1.54) is 11.8 Å². The summed E-state index contributed by atoms with van der Waals surface area (Å²) >= 11 is 1.41. The van der Waals surface area contributed by atoms with Crippen molar-refractivity contribution in [3.8, 4) is 17.1 Å². The third-order valence-electron chi connectivity index (χ3n) is 4.45. The molecular formula is C18H24N4O3S. The van der Waals surface area contributed by atoms with Gasteiger partial charge in [-0.3, -0.25) is 4.79 Å².